The molecule has 8 nitrogen and oxygen atoms in total. The lowest BCUT2D eigenvalue weighted by atomic mass is 10.0. The minimum absolute atomic E-state index is 1.02. The normalized spacial score (nSPS) is 11.5. The number of anilines is 15. The van der Waals surface area contributed by atoms with E-state index in [1.807, 2.05) is 0 Å². The summed E-state index contributed by atoms with van der Waals surface area (Å²) in [5.41, 5.74) is 32.1. The van der Waals surface area contributed by atoms with Gasteiger partial charge in [-0.05, 0) is 309 Å². The summed E-state index contributed by atoms with van der Waals surface area (Å²) in [6.07, 6.45) is 0. The Morgan fingerprint density at radius 1 is 0.143 bits per heavy atom. The van der Waals surface area contributed by atoms with E-state index in [-0.39, 0.29) is 0 Å². The largest absolute Gasteiger partial charge is 0.310 e. The van der Waals surface area contributed by atoms with E-state index in [0.29, 0.717) is 0 Å². The molecule has 0 N–H and O–H groups in total. The zero-order valence-corrected chi connectivity index (χ0v) is 66.2. The molecule has 0 amide bonds. The monoisotopic (exact) mass is 1530 g/mol. The molecule has 3 aromatic heterocycles. The molecule has 0 unspecified atom stereocenters. The van der Waals surface area contributed by atoms with Crippen molar-refractivity contribution < 1.29 is 0 Å². The predicted octanol–water partition coefficient (Wildman–Crippen LogP) is 30.9. The quantitative estimate of drug-likeness (QED) is 0.0805. The fraction of sp³-hybridized carbons (Fsp3) is 0.0270. The van der Waals surface area contributed by atoms with Crippen molar-refractivity contribution in [3.8, 4) is 28.2 Å². The third-order valence-corrected chi connectivity index (χ3v) is 23.3. The molecule has 0 fully saturated rings. The molecule has 0 saturated carbocycles. The van der Waals surface area contributed by atoms with Crippen LogP contribution < -0.4 is 24.5 Å². The van der Waals surface area contributed by atoms with Gasteiger partial charge in [0.2, 0.25) is 0 Å². The van der Waals surface area contributed by atoms with Gasteiger partial charge in [-0.3, -0.25) is 0 Å². The van der Waals surface area contributed by atoms with Crippen molar-refractivity contribution in [1.29, 1.82) is 0 Å². The number of hydrogen-bond donors (Lipinski definition) is 0. The highest BCUT2D eigenvalue weighted by atomic mass is 15.2. The zero-order valence-electron chi connectivity index (χ0n) is 66.2. The summed E-state index contributed by atoms with van der Waals surface area (Å²) >= 11 is 0. The van der Waals surface area contributed by atoms with Crippen LogP contribution in [-0.2, 0) is 0 Å². The molecule has 0 radical (unpaired) electrons. The minimum Gasteiger partial charge on any atom is -0.310 e. The summed E-state index contributed by atoms with van der Waals surface area (Å²) in [4.78, 5) is 11.8. The second-order valence-electron chi connectivity index (χ2n) is 30.8. The Morgan fingerprint density at radius 2 is 0.345 bits per heavy atom. The van der Waals surface area contributed by atoms with Crippen molar-refractivity contribution >= 4 is 151 Å². The standard InChI is InChI=1S/C111H82N8/c1-77-23-20-30-97(73-77)114(82-26-6-4-7-27-82)91-54-48-85(49-55-91)112(86-50-56-92(57-51-86)115(83-28-8-5-9-29-83)98-31-21-24-78(2)74-98)87-52-58-93(59-53-87)116(99-32-22-25-79(3)75-99)84-46-43-80(44-47-84)81-45-72-111-105(76-81)104-37-14-19-42-110(104)119(111)96-70-64-90(65-71-96)113(88-60-66-94(67-61-88)117-106-38-15-10-33-100(106)101-34-11-16-39-107(101)117)89-62-68-95(69-63-89)118-108-40-17-12-35-102(108)103-36-13-18-41-109(103)118/h4-76H,1-3H3. The molecule has 0 aliphatic rings. The summed E-state index contributed by atoms with van der Waals surface area (Å²) in [6.45, 7) is 6.47. The van der Waals surface area contributed by atoms with Gasteiger partial charge >= 0.3 is 0 Å². The third kappa shape index (κ3) is 13.1. The van der Waals surface area contributed by atoms with Crippen molar-refractivity contribution in [3.05, 3.63) is 460 Å². The molecule has 0 aliphatic heterocycles. The first kappa shape index (κ1) is 71.2. The topological polar surface area (TPSA) is 31.0 Å². The van der Waals surface area contributed by atoms with E-state index in [0.717, 1.165) is 125 Å². The van der Waals surface area contributed by atoms with Crippen LogP contribution in [0.5, 0.6) is 0 Å². The highest BCUT2D eigenvalue weighted by Gasteiger charge is 2.24. The molecular weight excluding hydrogens is 1450 g/mol. The molecular formula is C111H82N8. The van der Waals surface area contributed by atoms with Gasteiger partial charge in [0, 0.05) is 135 Å². The Kier molecular flexibility index (Phi) is 18.1. The lowest BCUT2D eigenvalue weighted by molar-refractivity contribution is 1.16. The Labute approximate surface area is 692 Å². The van der Waals surface area contributed by atoms with Gasteiger partial charge in [0.15, 0.2) is 0 Å². The molecule has 0 spiro atoms. The molecule has 566 valence electrons. The number of aromatic nitrogens is 3. The Balaban J connectivity index is 0.609. The number of hydrogen-bond acceptors (Lipinski definition) is 5. The maximum absolute atomic E-state index is 2.42. The Morgan fingerprint density at radius 3 is 0.622 bits per heavy atom. The van der Waals surface area contributed by atoms with Crippen molar-refractivity contribution in [2.75, 3.05) is 24.5 Å². The molecule has 0 saturated heterocycles. The highest BCUT2D eigenvalue weighted by molar-refractivity contribution is 6.12. The smallest absolute Gasteiger partial charge is 0.0541 e. The fourth-order valence-corrected chi connectivity index (χ4v) is 17.8. The maximum atomic E-state index is 2.42. The van der Waals surface area contributed by atoms with Crippen molar-refractivity contribution in [1.82, 2.24) is 13.7 Å². The summed E-state index contributed by atoms with van der Waals surface area (Å²) in [7, 11) is 0. The summed E-state index contributed by atoms with van der Waals surface area (Å²) in [5.74, 6) is 0. The lowest BCUT2D eigenvalue weighted by Crippen LogP contribution is -2.14. The summed E-state index contributed by atoms with van der Waals surface area (Å²) in [5, 5.41) is 7.35. The van der Waals surface area contributed by atoms with Crippen LogP contribution in [0.25, 0.3) is 93.6 Å². The molecule has 0 atom stereocenters. The number of nitrogens with zero attached hydrogens (tertiary/aromatic N) is 8. The van der Waals surface area contributed by atoms with Gasteiger partial charge in [-0.15, -0.1) is 0 Å². The molecule has 18 aromatic carbocycles. The third-order valence-electron chi connectivity index (χ3n) is 23.3. The number of para-hydroxylation sites is 7. The van der Waals surface area contributed by atoms with Gasteiger partial charge in [-0.25, -0.2) is 0 Å². The number of aryl methyl sites for hydroxylation is 3. The van der Waals surface area contributed by atoms with Crippen LogP contribution in [0.2, 0.25) is 0 Å². The first-order chi connectivity index (χ1) is 58.7. The van der Waals surface area contributed by atoms with Crippen LogP contribution in [0, 0.1) is 20.8 Å². The second-order valence-corrected chi connectivity index (χ2v) is 30.8. The second kappa shape index (κ2) is 30.3. The van der Waals surface area contributed by atoms with Crippen LogP contribution in [-0.4, -0.2) is 13.7 Å². The van der Waals surface area contributed by atoms with Gasteiger partial charge < -0.3 is 38.2 Å². The van der Waals surface area contributed by atoms with Crippen LogP contribution >= 0.6 is 0 Å². The van der Waals surface area contributed by atoms with E-state index >= 15 is 0 Å². The van der Waals surface area contributed by atoms with Crippen molar-refractivity contribution in [3.63, 3.8) is 0 Å². The zero-order chi connectivity index (χ0) is 79.4. The maximum Gasteiger partial charge on any atom is 0.0541 e. The Bertz CT molecular complexity index is 6900. The number of rotatable bonds is 19. The van der Waals surface area contributed by atoms with Crippen LogP contribution in [0.15, 0.2) is 443 Å². The lowest BCUT2D eigenvalue weighted by Gasteiger charge is -2.30. The van der Waals surface area contributed by atoms with E-state index < -0.39 is 0 Å². The van der Waals surface area contributed by atoms with Crippen LogP contribution in [0.3, 0.4) is 0 Å². The highest BCUT2D eigenvalue weighted by Crippen LogP contribution is 2.47. The predicted molar refractivity (Wildman–Crippen MR) is 503 cm³/mol. The van der Waals surface area contributed by atoms with Gasteiger partial charge in [0.05, 0.1) is 33.1 Å². The van der Waals surface area contributed by atoms with E-state index in [2.05, 4.69) is 502 Å². The first-order valence-corrected chi connectivity index (χ1v) is 40.8. The van der Waals surface area contributed by atoms with E-state index in [9.17, 15) is 0 Å². The molecule has 0 aliphatic carbocycles. The summed E-state index contributed by atoms with van der Waals surface area (Å²) in [6, 6.07) is 161. The van der Waals surface area contributed by atoms with Crippen molar-refractivity contribution in [2.45, 2.75) is 20.8 Å². The molecule has 0 bridgehead atoms. The van der Waals surface area contributed by atoms with E-state index in [1.165, 1.54) is 71.1 Å². The SMILES string of the molecule is Cc1cccc(N(c2ccccc2)c2ccc(N(c3ccc(N(c4ccccc4)c4cccc(C)c4)cc3)c3ccc(N(c4ccc(-c5ccc6c(c5)c5ccccc5n6-c5ccc(N(c6ccc(-n7c8ccccc8c8ccccc87)cc6)c6ccc(-n7c8ccccc8c8ccccc87)cc6)cc5)cc4)c4cccc(C)c4)cc3)cc2)c1. The van der Waals surface area contributed by atoms with E-state index in [1.54, 1.807) is 0 Å². The molecule has 21 aromatic rings. The van der Waals surface area contributed by atoms with Gasteiger partial charge in [0.25, 0.3) is 0 Å². The van der Waals surface area contributed by atoms with Gasteiger partial charge in [0.1, 0.15) is 0 Å². The van der Waals surface area contributed by atoms with E-state index in [4.69, 9.17) is 0 Å². The Hall–Kier alpha value is -15.6. The van der Waals surface area contributed by atoms with Crippen LogP contribution in [0.4, 0.5) is 85.3 Å². The number of fused-ring (bicyclic) bond motifs is 9. The molecule has 119 heavy (non-hydrogen) atoms. The van der Waals surface area contributed by atoms with Crippen LogP contribution in [0.1, 0.15) is 16.7 Å². The minimum atomic E-state index is 1.02. The average Bonchev–Trinajstić information content (AvgIpc) is 1.60. The number of benzene rings is 18. The van der Waals surface area contributed by atoms with Gasteiger partial charge in [-0.2, -0.15) is 0 Å². The summed E-state index contributed by atoms with van der Waals surface area (Å²) < 4.78 is 7.19. The average molecular weight is 1530 g/mol. The first-order valence-electron chi connectivity index (χ1n) is 40.8. The van der Waals surface area contributed by atoms with Crippen molar-refractivity contribution in [2.24, 2.45) is 0 Å². The van der Waals surface area contributed by atoms with Gasteiger partial charge in [-0.1, -0.05) is 182 Å². The molecule has 21 rings (SSSR count). The molecule has 3 heterocycles. The fourth-order valence-electron chi connectivity index (χ4n) is 17.8. The molecule has 8 heteroatoms.